The van der Waals surface area contributed by atoms with Crippen molar-refractivity contribution < 1.29 is 23.8 Å². The summed E-state index contributed by atoms with van der Waals surface area (Å²) in [6.45, 7) is 8.65. The largest absolute Gasteiger partial charge is 0.465 e. The van der Waals surface area contributed by atoms with Gasteiger partial charge in [-0.3, -0.25) is 9.59 Å². The van der Waals surface area contributed by atoms with Crippen molar-refractivity contribution in [3.8, 4) is 0 Å². The Bertz CT molecular complexity index is 1360. The number of rotatable bonds is 8. The van der Waals surface area contributed by atoms with Crippen LogP contribution in [0, 0.1) is 28.1 Å². The molecule has 2 saturated carbocycles. The lowest BCUT2D eigenvalue weighted by molar-refractivity contribution is -0.233. The number of hydrogen-bond acceptors (Lipinski definition) is 7. The summed E-state index contributed by atoms with van der Waals surface area (Å²) in [6, 6.07) is 21.2. The predicted octanol–water partition coefficient (Wildman–Crippen LogP) is 8.68. The van der Waals surface area contributed by atoms with Crippen molar-refractivity contribution in [3.05, 3.63) is 71.1 Å². The van der Waals surface area contributed by atoms with Gasteiger partial charge in [-0.15, -0.1) is 0 Å². The first-order valence-corrected chi connectivity index (χ1v) is 17.4. The molecule has 0 bridgehead atoms. The molecule has 0 aromatic heterocycles. The zero-order valence-corrected chi connectivity index (χ0v) is 27.4. The van der Waals surface area contributed by atoms with Gasteiger partial charge >= 0.3 is 11.9 Å². The Balaban J connectivity index is 1.47. The summed E-state index contributed by atoms with van der Waals surface area (Å²) in [5.41, 5.74) is 0.916. The minimum atomic E-state index is -0.375. The predicted molar refractivity (Wildman–Crippen MR) is 171 cm³/mol. The van der Waals surface area contributed by atoms with Crippen molar-refractivity contribution in [3.63, 3.8) is 0 Å². The minimum Gasteiger partial charge on any atom is -0.465 e. The van der Waals surface area contributed by atoms with Crippen LogP contribution in [0.15, 0.2) is 80.9 Å². The van der Waals surface area contributed by atoms with Gasteiger partial charge in [0.05, 0.1) is 18.1 Å². The Morgan fingerprint density at radius 3 is 2.21 bits per heavy atom. The van der Waals surface area contributed by atoms with Crippen LogP contribution in [0.25, 0.3) is 0 Å². The van der Waals surface area contributed by atoms with E-state index in [2.05, 4.69) is 68.4 Å². The first kappa shape index (κ1) is 30.8. The van der Waals surface area contributed by atoms with Crippen molar-refractivity contribution in [2.75, 3.05) is 13.2 Å². The van der Waals surface area contributed by atoms with Crippen LogP contribution in [0.4, 0.5) is 0 Å². The van der Waals surface area contributed by atoms with Crippen LogP contribution in [0.3, 0.4) is 0 Å². The molecule has 0 radical (unpaired) electrons. The molecule has 1 heterocycles. The van der Waals surface area contributed by atoms with Gasteiger partial charge in [-0.25, -0.2) is 0 Å². The molecular weight excluding hydrogens is 577 g/mol. The second-order valence-corrected chi connectivity index (χ2v) is 15.9. The molecule has 0 amide bonds. The molecule has 3 aliphatic carbocycles. The lowest BCUT2D eigenvalue weighted by Gasteiger charge is -2.68. The van der Waals surface area contributed by atoms with E-state index in [1.165, 1.54) is 34.1 Å². The molecule has 5 nitrogen and oxygen atoms in total. The average Bonchev–Trinajstić information content (AvgIpc) is 2.98. The first-order valence-electron chi connectivity index (χ1n) is 15.7. The fourth-order valence-electron chi connectivity index (χ4n) is 9.19. The van der Waals surface area contributed by atoms with E-state index < -0.39 is 0 Å². The van der Waals surface area contributed by atoms with E-state index in [-0.39, 0.29) is 39.7 Å². The number of fused-ring (bicyclic) bond motifs is 2. The molecule has 0 spiro atoms. The SMILES string of the molecule is CC(=O)OC[C@@]1(C)CCC[C@]2(C)[C@H]3CCC(Sc4ccccc4)=C4CC(Sc5ccccc5)O[C@H](C[C@@H]12)[C@@]43COC(C)=O. The monoisotopic (exact) mass is 620 g/mol. The van der Waals surface area contributed by atoms with Crippen molar-refractivity contribution >= 4 is 35.5 Å². The van der Waals surface area contributed by atoms with Crippen molar-refractivity contribution in [2.24, 2.45) is 28.1 Å². The fraction of sp³-hybridized carbons (Fsp3) is 0.556. The Kier molecular flexibility index (Phi) is 8.80. The van der Waals surface area contributed by atoms with Crippen LogP contribution < -0.4 is 0 Å². The molecule has 2 aromatic rings. The van der Waals surface area contributed by atoms with Gasteiger partial charge in [-0.2, -0.15) is 0 Å². The molecule has 2 aromatic carbocycles. The molecule has 4 aliphatic rings. The molecule has 7 atom stereocenters. The highest BCUT2D eigenvalue weighted by Gasteiger charge is 2.68. The Morgan fingerprint density at radius 2 is 1.53 bits per heavy atom. The second-order valence-electron chi connectivity index (χ2n) is 13.5. The average molecular weight is 621 g/mol. The first-order chi connectivity index (χ1) is 20.6. The van der Waals surface area contributed by atoms with Crippen LogP contribution in [0.5, 0.6) is 0 Å². The molecule has 0 N–H and O–H groups in total. The van der Waals surface area contributed by atoms with Crippen LogP contribution in [0.2, 0.25) is 0 Å². The van der Waals surface area contributed by atoms with Gasteiger partial charge in [0.1, 0.15) is 12.0 Å². The molecule has 6 rings (SSSR count). The van der Waals surface area contributed by atoms with E-state index >= 15 is 0 Å². The smallest absolute Gasteiger partial charge is 0.302 e. The molecular formula is C36H44O5S2. The van der Waals surface area contributed by atoms with E-state index in [1.807, 2.05) is 17.8 Å². The van der Waals surface area contributed by atoms with Crippen LogP contribution >= 0.6 is 23.5 Å². The molecule has 230 valence electrons. The number of ether oxygens (including phenoxy) is 3. The zero-order valence-electron chi connectivity index (χ0n) is 25.8. The molecule has 7 heteroatoms. The molecule has 43 heavy (non-hydrogen) atoms. The summed E-state index contributed by atoms with van der Waals surface area (Å²) in [6.07, 6.45) is 6.90. The standard InChI is InChI=1S/C36H44O5S2/c1-24(37)39-22-34(3)18-11-19-35(4)30-17-16-29(42-26-12-7-5-8-13-26)28-20-33(43-27-14-9-6-10-15-27)41-32(21-31(34)35)36(28,30)23-40-25(2)38/h5-10,12-15,30-33H,11,16-23H2,1-4H3/t30-,31+,32-,33?,34-,35-,36+/m1/s1. The third-order valence-electron chi connectivity index (χ3n) is 10.9. The Hall–Kier alpha value is -2.22. The highest BCUT2D eigenvalue weighted by molar-refractivity contribution is 8.03. The summed E-state index contributed by atoms with van der Waals surface area (Å²) >= 11 is 3.68. The Morgan fingerprint density at radius 1 is 0.884 bits per heavy atom. The zero-order chi connectivity index (χ0) is 30.2. The van der Waals surface area contributed by atoms with E-state index in [9.17, 15) is 9.59 Å². The maximum atomic E-state index is 12.4. The maximum absolute atomic E-state index is 12.4. The van der Waals surface area contributed by atoms with Crippen LogP contribution in [0.1, 0.15) is 72.6 Å². The highest BCUT2D eigenvalue weighted by atomic mass is 32.2. The summed E-state index contributed by atoms with van der Waals surface area (Å²) in [5, 5.41) is 0. The Labute approximate surface area is 264 Å². The number of carbonyl (C=O) groups is 2. The third kappa shape index (κ3) is 5.82. The summed E-state index contributed by atoms with van der Waals surface area (Å²) < 4.78 is 19.0. The van der Waals surface area contributed by atoms with E-state index in [0.29, 0.717) is 25.0 Å². The normalized spacial score (nSPS) is 35.0. The van der Waals surface area contributed by atoms with Crippen molar-refractivity contribution in [2.45, 2.75) is 94.0 Å². The van der Waals surface area contributed by atoms with Gasteiger partial charge in [-0.05, 0) is 84.1 Å². The van der Waals surface area contributed by atoms with Crippen molar-refractivity contribution in [1.29, 1.82) is 0 Å². The lowest BCUT2D eigenvalue weighted by Crippen LogP contribution is -2.67. The molecule has 3 fully saturated rings. The van der Waals surface area contributed by atoms with Crippen molar-refractivity contribution in [1.82, 2.24) is 0 Å². The third-order valence-corrected chi connectivity index (χ3v) is 13.2. The van der Waals surface area contributed by atoms with Crippen LogP contribution in [-0.4, -0.2) is 36.7 Å². The number of esters is 2. The van der Waals surface area contributed by atoms with Crippen LogP contribution in [-0.2, 0) is 23.8 Å². The number of thioether (sulfide) groups is 2. The number of carbonyl (C=O) groups excluding carboxylic acids is 2. The summed E-state index contributed by atoms with van der Waals surface area (Å²) in [7, 11) is 0. The number of allylic oxidation sites excluding steroid dienone is 1. The summed E-state index contributed by atoms with van der Waals surface area (Å²) in [4.78, 5) is 28.3. The van der Waals surface area contributed by atoms with Gasteiger partial charge < -0.3 is 14.2 Å². The minimum absolute atomic E-state index is 0.0146. The van der Waals surface area contributed by atoms with E-state index in [4.69, 9.17) is 14.2 Å². The topological polar surface area (TPSA) is 61.8 Å². The van der Waals surface area contributed by atoms with Gasteiger partial charge in [0.15, 0.2) is 0 Å². The lowest BCUT2D eigenvalue weighted by atomic mass is 9.39. The fourth-order valence-corrected chi connectivity index (χ4v) is 11.4. The van der Waals surface area contributed by atoms with Gasteiger partial charge in [0.2, 0.25) is 0 Å². The highest BCUT2D eigenvalue weighted by Crippen LogP contribution is 2.71. The van der Waals surface area contributed by atoms with Gasteiger partial charge in [0.25, 0.3) is 0 Å². The number of hydrogen-bond donors (Lipinski definition) is 0. The molecule has 1 saturated heterocycles. The maximum Gasteiger partial charge on any atom is 0.302 e. The van der Waals surface area contributed by atoms with E-state index in [1.54, 1.807) is 11.8 Å². The van der Waals surface area contributed by atoms with Gasteiger partial charge in [0, 0.05) is 35.5 Å². The van der Waals surface area contributed by atoms with Gasteiger partial charge in [-0.1, -0.05) is 80.2 Å². The quantitative estimate of drug-likeness (QED) is 0.274. The summed E-state index contributed by atoms with van der Waals surface area (Å²) in [5.74, 6) is 0.184. The van der Waals surface area contributed by atoms with E-state index in [0.717, 1.165) is 44.9 Å². The molecule has 1 aliphatic heterocycles. The molecule has 1 unspecified atom stereocenters. The number of benzene rings is 2. The second kappa shape index (κ2) is 12.3.